The van der Waals surface area contributed by atoms with Crippen LogP contribution in [0.15, 0.2) is 66.7 Å². The minimum absolute atomic E-state index is 0. The molecule has 0 bridgehead atoms. The molecule has 3 rings (SSSR count). The van der Waals surface area contributed by atoms with E-state index < -0.39 is 7.82 Å². The Morgan fingerprint density at radius 2 is 1.37 bits per heavy atom. The molecule has 0 aliphatic heterocycles. The molecule has 0 saturated heterocycles. The Kier molecular flexibility index (Phi) is 9.02. The van der Waals surface area contributed by atoms with E-state index in [1.165, 1.54) is 5.56 Å². The summed E-state index contributed by atoms with van der Waals surface area (Å²) in [4.78, 5) is 12.3. The number of hydrogen-bond acceptors (Lipinski definition) is 5. The Morgan fingerprint density at radius 1 is 0.800 bits per heavy atom. The van der Waals surface area contributed by atoms with Gasteiger partial charge in [-0.15, -0.1) is 0 Å². The maximum Gasteiger partial charge on any atom is 1.00 e. The van der Waals surface area contributed by atoms with Crippen LogP contribution in [0.1, 0.15) is 22.3 Å². The van der Waals surface area contributed by atoms with Gasteiger partial charge in [0.2, 0.25) is 0 Å². The molecule has 0 saturated carbocycles. The van der Waals surface area contributed by atoms with E-state index in [1.807, 2.05) is 50.2 Å². The van der Waals surface area contributed by atoms with Crippen LogP contribution in [0.2, 0.25) is 0 Å². The smallest absolute Gasteiger partial charge is 0.736 e. The molecule has 0 N–H and O–H groups in total. The molecule has 30 heavy (non-hydrogen) atoms. The molecule has 0 aromatic heterocycles. The molecule has 0 heterocycles. The van der Waals surface area contributed by atoms with Crippen LogP contribution >= 0.6 is 7.82 Å². The standard InChI is InChI=1S/C23H25O5P.Na/c1-17-15-20(10-9-19-11-13-21(26-3)14-12-19)16-18(2)23(17)28-29(24,25)27-22-7-5-4-6-8-22;/h4-8,11-16H,9-10H2,1-3H3,(H,24,25);/q;+1/p-1. The predicted molar refractivity (Wildman–Crippen MR) is 112 cm³/mol. The number of aryl methyl sites for hydroxylation is 4. The molecule has 1 unspecified atom stereocenters. The Balaban J connectivity index is 0.00000320. The minimum atomic E-state index is -4.54. The maximum atomic E-state index is 12.3. The third-order valence-electron chi connectivity index (χ3n) is 4.55. The van der Waals surface area contributed by atoms with Crippen LogP contribution in [0.5, 0.6) is 17.2 Å². The summed E-state index contributed by atoms with van der Waals surface area (Å²) in [5.41, 5.74) is 3.83. The molecule has 5 nitrogen and oxygen atoms in total. The fourth-order valence-electron chi connectivity index (χ4n) is 3.15. The number of benzene rings is 3. The number of phosphoric acid groups is 1. The van der Waals surface area contributed by atoms with E-state index in [9.17, 15) is 9.46 Å². The van der Waals surface area contributed by atoms with Gasteiger partial charge in [-0.05, 0) is 73.2 Å². The van der Waals surface area contributed by atoms with Crippen LogP contribution in [-0.4, -0.2) is 7.11 Å². The largest absolute Gasteiger partial charge is 1.00 e. The van der Waals surface area contributed by atoms with E-state index in [2.05, 4.69) is 0 Å². The quantitative estimate of drug-likeness (QED) is 0.401. The van der Waals surface area contributed by atoms with Crippen molar-refractivity contribution in [2.75, 3.05) is 7.11 Å². The van der Waals surface area contributed by atoms with Gasteiger partial charge >= 0.3 is 37.4 Å². The number of phosphoric ester groups is 1. The summed E-state index contributed by atoms with van der Waals surface area (Å²) in [6.07, 6.45) is 1.71. The van der Waals surface area contributed by atoms with E-state index in [4.69, 9.17) is 13.8 Å². The van der Waals surface area contributed by atoms with Crippen LogP contribution in [0.4, 0.5) is 0 Å². The molecule has 0 fully saturated rings. The summed E-state index contributed by atoms with van der Waals surface area (Å²) < 4.78 is 27.8. The molecule has 3 aromatic rings. The van der Waals surface area contributed by atoms with Gasteiger partial charge in [0.1, 0.15) is 17.2 Å². The summed E-state index contributed by atoms with van der Waals surface area (Å²) in [5, 5.41) is 0. The number of rotatable bonds is 8. The van der Waals surface area contributed by atoms with Gasteiger partial charge in [0.15, 0.2) is 0 Å². The van der Waals surface area contributed by atoms with Crippen LogP contribution in [0.25, 0.3) is 0 Å². The third kappa shape index (κ3) is 6.90. The first kappa shape index (κ1) is 24.5. The van der Waals surface area contributed by atoms with Gasteiger partial charge in [-0.1, -0.05) is 42.5 Å². The molecular formula is C23H24NaO5P. The van der Waals surface area contributed by atoms with Crippen LogP contribution in [-0.2, 0) is 17.4 Å². The molecule has 3 aromatic carbocycles. The Hall–Kier alpha value is -1.75. The molecule has 0 aliphatic rings. The fourth-order valence-corrected chi connectivity index (χ4v) is 4.08. The zero-order valence-electron chi connectivity index (χ0n) is 17.8. The molecule has 7 heteroatoms. The summed E-state index contributed by atoms with van der Waals surface area (Å²) in [7, 11) is -2.89. The molecule has 1 atom stereocenters. The Labute approximate surface area is 199 Å². The van der Waals surface area contributed by atoms with Crippen LogP contribution < -0.4 is 48.2 Å². The van der Waals surface area contributed by atoms with Crippen LogP contribution in [0, 0.1) is 13.8 Å². The number of ether oxygens (including phenoxy) is 1. The van der Waals surface area contributed by atoms with Crippen molar-refractivity contribution in [2.45, 2.75) is 26.7 Å². The zero-order chi connectivity index (χ0) is 20.9. The van der Waals surface area contributed by atoms with Gasteiger partial charge in [0.25, 0.3) is 0 Å². The third-order valence-corrected chi connectivity index (χ3v) is 5.39. The Bertz CT molecular complexity index is 983. The first-order valence-corrected chi connectivity index (χ1v) is 10.8. The van der Waals surface area contributed by atoms with Gasteiger partial charge in [0, 0.05) is 0 Å². The molecule has 152 valence electrons. The average molecular weight is 434 g/mol. The normalized spacial score (nSPS) is 12.4. The van der Waals surface area contributed by atoms with Crippen molar-refractivity contribution in [2.24, 2.45) is 0 Å². The van der Waals surface area contributed by atoms with E-state index >= 15 is 0 Å². The molecule has 0 spiro atoms. The number of hydrogen-bond donors (Lipinski definition) is 0. The summed E-state index contributed by atoms with van der Waals surface area (Å²) in [6.45, 7) is 3.67. The summed E-state index contributed by atoms with van der Waals surface area (Å²) in [6, 6.07) is 20.2. The van der Waals surface area contributed by atoms with E-state index in [1.54, 1.807) is 37.4 Å². The minimum Gasteiger partial charge on any atom is -0.736 e. The fraction of sp³-hybridized carbons (Fsp3) is 0.217. The maximum absolute atomic E-state index is 12.3. The van der Waals surface area contributed by atoms with E-state index in [-0.39, 0.29) is 35.3 Å². The SMILES string of the molecule is COc1ccc(CCc2cc(C)c(OP(=O)([O-])Oc3ccccc3)c(C)c2)cc1.[Na+]. The predicted octanol–water partition coefficient (Wildman–Crippen LogP) is 2.03. The molecule has 0 aliphatic carbocycles. The van der Waals surface area contributed by atoms with Crippen molar-refractivity contribution in [3.05, 3.63) is 89.0 Å². The molecular weight excluding hydrogens is 410 g/mol. The topological polar surface area (TPSA) is 67.8 Å². The second-order valence-corrected chi connectivity index (χ2v) is 8.11. The van der Waals surface area contributed by atoms with Gasteiger partial charge in [-0.25, -0.2) is 4.57 Å². The van der Waals surface area contributed by atoms with Gasteiger partial charge in [-0.3, -0.25) is 0 Å². The summed E-state index contributed by atoms with van der Waals surface area (Å²) >= 11 is 0. The summed E-state index contributed by atoms with van der Waals surface area (Å²) in [5.74, 6) is 1.37. The number of methoxy groups -OCH3 is 1. The van der Waals surface area contributed by atoms with Crippen molar-refractivity contribution in [3.8, 4) is 17.2 Å². The first-order chi connectivity index (χ1) is 13.9. The number of para-hydroxylation sites is 1. The monoisotopic (exact) mass is 434 g/mol. The molecule has 0 amide bonds. The molecule has 0 radical (unpaired) electrons. The van der Waals surface area contributed by atoms with Gasteiger partial charge in [0.05, 0.1) is 7.11 Å². The van der Waals surface area contributed by atoms with Crippen molar-refractivity contribution in [1.29, 1.82) is 0 Å². The Morgan fingerprint density at radius 3 is 1.93 bits per heavy atom. The van der Waals surface area contributed by atoms with E-state index in [0.29, 0.717) is 5.75 Å². The van der Waals surface area contributed by atoms with Gasteiger partial charge < -0.3 is 18.7 Å². The van der Waals surface area contributed by atoms with Crippen molar-refractivity contribution in [1.82, 2.24) is 0 Å². The van der Waals surface area contributed by atoms with E-state index in [0.717, 1.165) is 35.3 Å². The first-order valence-electron chi connectivity index (χ1n) is 9.34. The second kappa shape index (κ2) is 11.0. The van der Waals surface area contributed by atoms with Crippen molar-refractivity contribution in [3.63, 3.8) is 0 Å². The average Bonchev–Trinajstić information content (AvgIpc) is 2.70. The van der Waals surface area contributed by atoms with Crippen molar-refractivity contribution < 1.29 is 52.8 Å². The van der Waals surface area contributed by atoms with Gasteiger partial charge in [-0.2, -0.15) is 0 Å². The van der Waals surface area contributed by atoms with Crippen LogP contribution in [0.3, 0.4) is 0 Å². The second-order valence-electron chi connectivity index (χ2n) is 6.85. The van der Waals surface area contributed by atoms with Crippen molar-refractivity contribution >= 4 is 7.82 Å². The zero-order valence-corrected chi connectivity index (χ0v) is 20.6.